The minimum absolute atomic E-state index is 0.155. The average molecular weight is 303 g/mol. The van der Waals surface area contributed by atoms with Gasteiger partial charge in [-0.15, -0.1) is 11.3 Å². The van der Waals surface area contributed by atoms with E-state index in [2.05, 4.69) is 34.0 Å². The van der Waals surface area contributed by atoms with Gasteiger partial charge in [0, 0.05) is 10.6 Å². The van der Waals surface area contributed by atoms with Gasteiger partial charge < -0.3 is 10.1 Å². The second kappa shape index (κ2) is 5.49. The fraction of sp³-hybridized carbons (Fsp3) is 0.231. The van der Waals surface area contributed by atoms with Crippen LogP contribution in [0.2, 0.25) is 0 Å². The van der Waals surface area contributed by atoms with E-state index in [-0.39, 0.29) is 18.6 Å². The Morgan fingerprint density at radius 2 is 2.48 bits per heavy atom. The number of nitrogens with one attached hydrogen (secondary N) is 1. The second-order valence-corrected chi connectivity index (χ2v) is 5.43. The molecule has 2 aromatic rings. The number of carbonyl (C=O) groups is 1. The predicted molar refractivity (Wildman–Crippen MR) is 77.7 cm³/mol. The van der Waals surface area contributed by atoms with Crippen LogP contribution >= 0.6 is 11.3 Å². The van der Waals surface area contributed by atoms with Crippen LogP contribution < -0.4 is 5.32 Å². The fourth-order valence-electron chi connectivity index (χ4n) is 2.26. The van der Waals surface area contributed by atoms with Gasteiger partial charge in [0.2, 0.25) is 5.95 Å². The number of tetrazole rings is 1. The van der Waals surface area contributed by atoms with E-state index in [1.807, 2.05) is 17.5 Å². The van der Waals surface area contributed by atoms with Gasteiger partial charge in [-0.25, -0.2) is 4.68 Å². The molecule has 21 heavy (non-hydrogen) atoms. The van der Waals surface area contributed by atoms with Gasteiger partial charge in [-0.05, 0) is 21.9 Å². The Balaban J connectivity index is 2.02. The highest BCUT2D eigenvalue weighted by Crippen LogP contribution is 2.39. The van der Waals surface area contributed by atoms with Crippen LogP contribution in [-0.4, -0.2) is 32.8 Å². The molecule has 2 atom stereocenters. The normalized spacial score (nSPS) is 20.5. The molecule has 0 saturated heterocycles. The molecular formula is C13H13N5O2S. The highest BCUT2D eigenvalue weighted by Gasteiger charge is 2.41. The molecule has 0 saturated carbocycles. The van der Waals surface area contributed by atoms with Gasteiger partial charge in [-0.1, -0.05) is 30.4 Å². The van der Waals surface area contributed by atoms with Gasteiger partial charge in [-0.3, -0.25) is 4.79 Å². The van der Waals surface area contributed by atoms with E-state index in [4.69, 9.17) is 4.74 Å². The van der Waals surface area contributed by atoms with Crippen LogP contribution in [0.25, 0.3) is 0 Å². The van der Waals surface area contributed by atoms with Gasteiger partial charge in [0.05, 0.1) is 0 Å². The molecule has 0 spiro atoms. The summed E-state index contributed by atoms with van der Waals surface area (Å²) >= 11 is 1.53. The molecular weight excluding hydrogens is 290 g/mol. The molecule has 1 N–H and O–H groups in total. The summed E-state index contributed by atoms with van der Waals surface area (Å²) in [6.45, 7) is 7.62. The maximum Gasteiger partial charge on any atom is 0.317 e. The van der Waals surface area contributed by atoms with Crippen molar-refractivity contribution in [2.75, 3.05) is 11.9 Å². The number of fused-ring (bicyclic) bond motifs is 1. The third-order valence-electron chi connectivity index (χ3n) is 3.15. The molecule has 0 radical (unpaired) electrons. The van der Waals surface area contributed by atoms with Gasteiger partial charge in [0.1, 0.15) is 18.6 Å². The highest BCUT2D eigenvalue weighted by molar-refractivity contribution is 7.10. The summed E-state index contributed by atoms with van der Waals surface area (Å²) in [6.07, 6.45) is 1.53. The Bertz CT molecular complexity index is 679. The molecule has 0 amide bonds. The number of rotatable bonds is 4. The zero-order valence-electron chi connectivity index (χ0n) is 11.1. The fourth-order valence-corrected chi connectivity index (χ4v) is 3.11. The SMILES string of the molecule is C=CCOC(=O)[C@H]1C(=C)Nc2nnnn2[C@H]1c1cccs1. The summed E-state index contributed by atoms with van der Waals surface area (Å²) in [5.74, 6) is -0.516. The maximum absolute atomic E-state index is 12.4. The van der Waals surface area contributed by atoms with E-state index >= 15 is 0 Å². The zero-order valence-corrected chi connectivity index (χ0v) is 11.9. The molecule has 0 unspecified atom stereocenters. The molecule has 3 heterocycles. The number of carbonyl (C=O) groups excluding carboxylic acids is 1. The van der Waals surface area contributed by atoms with Crippen LogP contribution in [0.1, 0.15) is 10.9 Å². The second-order valence-electron chi connectivity index (χ2n) is 4.45. The summed E-state index contributed by atoms with van der Waals surface area (Å²) in [6, 6.07) is 3.50. The first-order valence-electron chi connectivity index (χ1n) is 6.27. The monoisotopic (exact) mass is 303 g/mol. The van der Waals surface area contributed by atoms with Crippen molar-refractivity contribution >= 4 is 23.3 Å². The number of aromatic nitrogens is 4. The van der Waals surface area contributed by atoms with Crippen molar-refractivity contribution in [2.45, 2.75) is 6.04 Å². The number of thiophene rings is 1. The smallest absolute Gasteiger partial charge is 0.317 e. The Hall–Kier alpha value is -2.48. The number of esters is 1. The first-order chi connectivity index (χ1) is 10.2. The quantitative estimate of drug-likeness (QED) is 0.682. The molecule has 7 nitrogen and oxygen atoms in total. The van der Waals surface area contributed by atoms with E-state index in [0.717, 1.165) is 4.88 Å². The Morgan fingerprint density at radius 1 is 1.62 bits per heavy atom. The summed E-state index contributed by atoms with van der Waals surface area (Å²) < 4.78 is 6.77. The van der Waals surface area contributed by atoms with Crippen molar-refractivity contribution in [1.29, 1.82) is 0 Å². The first kappa shape index (κ1) is 13.5. The first-order valence-corrected chi connectivity index (χ1v) is 7.15. The zero-order chi connectivity index (χ0) is 14.8. The van der Waals surface area contributed by atoms with Crippen LogP contribution in [0.5, 0.6) is 0 Å². The lowest BCUT2D eigenvalue weighted by molar-refractivity contribution is -0.147. The van der Waals surface area contributed by atoms with Crippen molar-refractivity contribution in [3.8, 4) is 0 Å². The molecule has 108 valence electrons. The molecule has 0 aliphatic carbocycles. The van der Waals surface area contributed by atoms with Crippen molar-refractivity contribution < 1.29 is 9.53 Å². The predicted octanol–water partition coefficient (Wildman–Crippen LogP) is 1.61. The van der Waals surface area contributed by atoms with Crippen LogP contribution in [-0.2, 0) is 9.53 Å². The molecule has 8 heteroatoms. The van der Waals surface area contributed by atoms with Crippen molar-refractivity contribution in [3.63, 3.8) is 0 Å². The van der Waals surface area contributed by atoms with Crippen LogP contribution in [0.3, 0.4) is 0 Å². The standard InChI is InChI=1S/C13H13N5O2S/c1-3-6-20-12(19)10-8(2)14-13-15-16-17-18(13)11(10)9-5-4-7-21-9/h3-5,7,10-11H,1-2,6H2,(H,14,15,17)/t10-,11-/m0/s1. The highest BCUT2D eigenvalue weighted by atomic mass is 32.1. The summed E-state index contributed by atoms with van der Waals surface area (Å²) in [5.41, 5.74) is 0.518. The van der Waals surface area contributed by atoms with E-state index in [1.165, 1.54) is 17.4 Å². The van der Waals surface area contributed by atoms with Gasteiger partial charge in [-0.2, -0.15) is 0 Å². The molecule has 0 bridgehead atoms. The lowest BCUT2D eigenvalue weighted by Gasteiger charge is -2.31. The number of ether oxygens (including phenoxy) is 1. The maximum atomic E-state index is 12.4. The minimum atomic E-state index is -0.598. The van der Waals surface area contributed by atoms with E-state index in [9.17, 15) is 4.79 Å². The van der Waals surface area contributed by atoms with E-state index < -0.39 is 5.92 Å². The Kier molecular flexibility index (Phi) is 3.53. The van der Waals surface area contributed by atoms with Gasteiger partial charge in [0.25, 0.3) is 0 Å². The summed E-state index contributed by atoms with van der Waals surface area (Å²) in [7, 11) is 0. The lowest BCUT2D eigenvalue weighted by atomic mass is 9.94. The van der Waals surface area contributed by atoms with Gasteiger partial charge >= 0.3 is 5.97 Å². The number of anilines is 1. The Labute approximate surface area is 124 Å². The van der Waals surface area contributed by atoms with Gasteiger partial charge in [0.15, 0.2) is 0 Å². The average Bonchev–Trinajstić information content (AvgIpc) is 3.13. The molecule has 1 aliphatic rings. The third-order valence-corrected chi connectivity index (χ3v) is 4.09. The van der Waals surface area contributed by atoms with Crippen LogP contribution in [0, 0.1) is 5.92 Å². The molecule has 1 aliphatic heterocycles. The number of nitrogens with zero attached hydrogens (tertiary/aromatic N) is 4. The number of hydrogen-bond donors (Lipinski definition) is 1. The summed E-state index contributed by atoms with van der Waals surface area (Å²) in [5, 5.41) is 16.4. The largest absolute Gasteiger partial charge is 0.461 e. The Morgan fingerprint density at radius 3 is 3.19 bits per heavy atom. The summed E-state index contributed by atoms with van der Waals surface area (Å²) in [4.78, 5) is 13.3. The van der Waals surface area contributed by atoms with Crippen molar-refractivity contribution in [2.24, 2.45) is 5.92 Å². The molecule has 2 aromatic heterocycles. The number of hydrogen-bond acceptors (Lipinski definition) is 7. The lowest BCUT2D eigenvalue weighted by Crippen LogP contribution is -2.37. The minimum Gasteiger partial charge on any atom is -0.461 e. The topological polar surface area (TPSA) is 81.9 Å². The van der Waals surface area contributed by atoms with E-state index in [1.54, 1.807) is 4.68 Å². The van der Waals surface area contributed by atoms with Crippen molar-refractivity contribution in [1.82, 2.24) is 20.2 Å². The van der Waals surface area contributed by atoms with E-state index in [0.29, 0.717) is 11.6 Å². The third kappa shape index (κ3) is 2.33. The van der Waals surface area contributed by atoms with Crippen molar-refractivity contribution in [3.05, 3.63) is 47.3 Å². The van der Waals surface area contributed by atoms with Crippen LogP contribution in [0.4, 0.5) is 5.95 Å². The molecule has 3 rings (SSSR count). The molecule has 0 aromatic carbocycles. The molecule has 0 fully saturated rings. The van der Waals surface area contributed by atoms with Crippen LogP contribution in [0.15, 0.2) is 42.4 Å².